The molecule has 44 heavy (non-hydrogen) atoms. The molecule has 1 aromatic heterocycles. The molecule has 1 aliphatic heterocycles. The van der Waals surface area contributed by atoms with Gasteiger partial charge >= 0.3 is 17.9 Å². The van der Waals surface area contributed by atoms with Gasteiger partial charge in [-0.25, -0.2) is 9.59 Å². The van der Waals surface area contributed by atoms with E-state index >= 15 is 0 Å². The molecule has 0 unspecified atom stereocenters. The lowest BCUT2D eigenvalue weighted by Crippen LogP contribution is -2.18. The summed E-state index contributed by atoms with van der Waals surface area (Å²) in [6.45, 7) is 4.50. The summed E-state index contributed by atoms with van der Waals surface area (Å²) in [6.07, 6.45) is 3.56. The number of ether oxygens (including phenoxy) is 3. The Morgan fingerprint density at radius 3 is 2.20 bits per heavy atom. The maximum absolute atomic E-state index is 11.3. The second kappa shape index (κ2) is 15.6. The molecule has 1 fully saturated rings. The molecule has 5 rings (SSSR count). The zero-order valence-corrected chi connectivity index (χ0v) is 25.0. The summed E-state index contributed by atoms with van der Waals surface area (Å²) in [5.74, 6) is -2.11. The van der Waals surface area contributed by atoms with E-state index in [1.165, 1.54) is 55.1 Å². The molecule has 0 spiro atoms. The molecule has 232 valence electrons. The van der Waals surface area contributed by atoms with E-state index in [-0.39, 0.29) is 5.97 Å². The predicted octanol–water partition coefficient (Wildman–Crippen LogP) is 5.45. The van der Waals surface area contributed by atoms with Gasteiger partial charge in [-0.1, -0.05) is 30.3 Å². The highest BCUT2D eigenvalue weighted by molar-refractivity contribution is 6.27. The number of fused-ring (bicyclic) bond motifs is 1. The van der Waals surface area contributed by atoms with E-state index in [9.17, 15) is 4.79 Å². The number of para-hydroxylation sites is 1. The van der Waals surface area contributed by atoms with Crippen LogP contribution < -0.4 is 9.47 Å². The fourth-order valence-electron chi connectivity index (χ4n) is 5.23. The van der Waals surface area contributed by atoms with Crippen LogP contribution in [0.3, 0.4) is 0 Å². The van der Waals surface area contributed by atoms with Crippen LogP contribution in [0.1, 0.15) is 36.8 Å². The summed E-state index contributed by atoms with van der Waals surface area (Å²) in [5.41, 5.74) is 5.94. The molecule has 2 N–H and O–H groups in total. The maximum Gasteiger partial charge on any atom is 0.414 e. The second-order valence-electron chi connectivity index (χ2n) is 10.5. The summed E-state index contributed by atoms with van der Waals surface area (Å²) in [4.78, 5) is 32.0. The van der Waals surface area contributed by atoms with Crippen molar-refractivity contribution in [2.45, 2.75) is 38.8 Å². The van der Waals surface area contributed by atoms with Gasteiger partial charge in [0, 0.05) is 41.7 Å². The highest BCUT2D eigenvalue weighted by atomic mass is 16.5. The Bertz CT molecular complexity index is 1560. The fraction of sp³-hybridized carbons (Fsp3) is 0.324. The first-order valence-corrected chi connectivity index (χ1v) is 14.5. The summed E-state index contributed by atoms with van der Waals surface area (Å²) in [6, 6.07) is 25.6. The van der Waals surface area contributed by atoms with Gasteiger partial charge in [-0.05, 0) is 85.9 Å². The van der Waals surface area contributed by atoms with E-state index in [0.717, 1.165) is 35.8 Å². The first-order valence-electron chi connectivity index (χ1n) is 14.5. The Hall–Kier alpha value is -4.83. The number of likely N-dealkylation sites (tertiary alicyclic amines) is 1. The van der Waals surface area contributed by atoms with Crippen molar-refractivity contribution in [2.75, 3.05) is 33.9 Å². The topological polar surface area (TPSA) is 128 Å². The van der Waals surface area contributed by atoms with Crippen LogP contribution in [0.4, 0.5) is 0 Å². The average Bonchev–Trinajstić information content (AvgIpc) is 3.68. The summed E-state index contributed by atoms with van der Waals surface area (Å²) in [5, 5.41) is 16.0. The number of hydrogen-bond acceptors (Lipinski definition) is 7. The molecule has 0 bridgehead atoms. The number of nitrogens with zero attached hydrogens (tertiary/aromatic N) is 2. The Kier molecular flexibility index (Phi) is 11.4. The van der Waals surface area contributed by atoms with Gasteiger partial charge in [0.15, 0.2) is 0 Å². The normalized spacial score (nSPS) is 12.8. The van der Waals surface area contributed by atoms with Crippen molar-refractivity contribution in [1.29, 1.82) is 0 Å². The van der Waals surface area contributed by atoms with Crippen LogP contribution in [0.15, 0.2) is 72.8 Å². The smallest absolute Gasteiger partial charge is 0.414 e. The molecule has 3 aromatic carbocycles. The van der Waals surface area contributed by atoms with Crippen molar-refractivity contribution >= 4 is 28.8 Å². The van der Waals surface area contributed by atoms with Crippen LogP contribution in [0, 0.1) is 0 Å². The van der Waals surface area contributed by atoms with Crippen molar-refractivity contribution in [1.82, 2.24) is 9.47 Å². The lowest BCUT2D eigenvalue weighted by molar-refractivity contribution is -0.159. The molecule has 0 atom stereocenters. The van der Waals surface area contributed by atoms with Gasteiger partial charge in [0.2, 0.25) is 0 Å². The number of aromatic nitrogens is 1. The number of carboxylic acid groups (broad SMARTS) is 2. The predicted molar refractivity (Wildman–Crippen MR) is 166 cm³/mol. The van der Waals surface area contributed by atoms with E-state index in [1.807, 2.05) is 12.1 Å². The number of rotatable bonds is 11. The molecule has 0 saturated carbocycles. The molecular formula is C34H38N2O8. The highest BCUT2D eigenvalue weighted by Gasteiger charge is 2.16. The van der Waals surface area contributed by atoms with Gasteiger partial charge in [0.05, 0.1) is 20.8 Å². The van der Waals surface area contributed by atoms with Crippen molar-refractivity contribution in [2.24, 2.45) is 0 Å². The number of carbonyl (C=O) groups excluding carboxylic acids is 1. The van der Waals surface area contributed by atoms with Gasteiger partial charge in [0.1, 0.15) is 11.5 Å². The Labute approximate surface area is 256 Å². The lowest BCUT2D eigenvalue weighted by Gasteiger charge is -2.18. The minimum absolute atomic E-state index is 0.212. The highest BCUT2D eigenvalue weighted by Crippen LogP contribution is 2.32. The minimum Gasteiger partial charge on any atom is -0.496 e. The third-order valence-corrected chi connectivity index (χ3v) is 7.45. The summed E-state index contributed by atoms with van der Waals surface area (Å²) < 4.78 is 18.7. The molecule has 0 amide bonds. The number of esters is 1. The Morgan fingerprint density at radius 1 is 0.841 bits per heavy atom. The Balaban J connectivity index is 0.000000670. The molecular weight excluding hydrogens is 564 g/mol. The van der Waals surface area contributed by atoms with Gasteiger partial charge in [-0.15, -0.1) is 0 Å². The molecule has 0 aliphatic carbocycles. The number of methoxy groups -OCH3 is 2. The van der Waals surface area contributed by atoms with Crippen LogP contribution in [0.5, 0.6) is 11.5 Å². The largest absolute Gasteiger partial charge is 0.496 e. The van der Waals surface area contributed by atoms with Gasteiger partial charge < -0.3 is 29.0 Å². The van der Waals surface area contributed by atoms with Crippen LogP contribution in [0.2, 0.25) is 0 Å². The fourth-order valence-corrected chi connectivity index (χ4v) is 5.23. The van der Waals surface area contributed by atoms with E-state index in [0.29, 0.717) is 19.4 Å². The number of aliphatic carboxylic acids is 2. The minimum atomic E-state index is -1.82. The molecule has 10 heteroatoms. The van der Waals surface area contributed by atoms with Crippen LogP contribution in [-0.2, 0) is 32.2 Å². The van der Waals surface area contributed by atoms with Crippen LogP contribution >= 0.6 is 0 Å². The zero-order valence-electron chi connectivity index (χ0n) is 25.0. The number of hydrogen-bond donors (Lipinski definition) is 2. The van der Waals surface area contributed by atoms with Crippen LogP contribution in [-0.4, -0.2) is 71.5 Å². The Morgan fingerprint density at radius 2 is 1.55 bits per heavy atom. The third kappa shape index (κ3) is 8.61. The quantitative estimate of drug-likeness (QED) is 0.131. The van der Waals surface area contributed by atoms with Crippen molar-refractivity contribution in [3.63, 3.8) is 0 Å². The molecule has 0 radical (unpaired) electrons. The number of benzene rings is 3. The SMILES string of the molecule is COC(=O)CCCOc1ccc(-c2cc3ccccc3n2Cc2ccc(CN3CCCC3)c(OC)c2)cc1.O=C(O)C(=O)O. The van der Waals surface area contributed by atoms with Crippen LogP contribution in [0.25, 0.3) is 22.2 Å². The van der Waals surface area contributed by atoms with Crippen molar-refractivity contribution in [3.05, 3.63) is 83.9 Å². The van der Waals surface area contributed by atoms with Gasteiger partial charge in [0.25, 0.3) is 0 Å². The molecule has 10 nitrogen and oxygen atoms in total. The monoisotopic (exact) mass is 602 g/mol. The lowest BCUT2D eigenvalue weighted by atomic mass is 10.1. The van der Waals surface area contributed by atoms with Crippen molar-refractivity contribution in [3.8, 4) is 22.8 Å². The first kappa shape index (κ1) is 32.1. The maximum atomic E-state index is 11.3. The third-order valence-electron chi connectivity index (χ3n) is 7.45. The molecule has 2 heterocycles. The second-order valence-corrected chi connectivity index (χ2v) is 10.5. The van der Waals surface area contributed by atoms with E-state index in [1.54, 1.807) is 7.11 Å². The first-order chi connectivity index (χ1) is 21.3. The molecule has 1 aliphatic rings. The number of carboxylic acids is 2. The summed E-state index contributed by atoms with van der Waals surface area (Å²) in [7, 11) is 3.17. The molecule has 4 aromatic rings. The standard InChI is InChI=1S/C32H36N2O4.C2H2O4/c1-36-31-20-24(11-12-27(31)23-33-17-5-6-18-33)22-34-29-9-4-3-8-26(29)21-30(34)25-13-15-28(16-14-25)38-19-7-10-32(35)37-2;3-1(4)2(5)6/h3-4,8-9,11-16,20-21H,5-7,10,17-19,22-23H2,1-2H3;(H,3,4)(H,5,6). The van der Waals surface area contributed by atoms with E-state index in [4.69, 9.17) is 29.3 Å². The summed E-state index contributed by atoms with van der Waals surface area (Å²) >= 11 is 0. The zero-order chi connectivity index (χ0) is 31.5. The van der Waals surface area contributed by atoms with E-state index < -0.39 is 11.9 Å². The molecule has 1 saturated heterocycles. The van der Waals surface area contributed by atoms with Gasteiger partial charge in [-0.3, -0.25) is 9.69 Å². The number of carbonyl (C=O) groups is 3. The average molecular weight is 603 g/mol. The van der Waals surface area contributed by atoms with E-state index in [2.05, 4.69) is 74.9 Å². The van der Waals surface area contributed by atoms with Gasteiger partial charge in [-0.2, -0.15) is 0 Å². The van der Waals surface area contributed by atoms with Crippen molar-refractivity contribution < 1.29 is 38.8 Å².